The molecule has 0 heterocycles. The molecule has 1 aliphatic carbocycles. The highest BCUT2D eigenvalue weighted by Gasteiger charge is 2.22. The normalized spacial score (nSPS) is 19.6. The molecule has 3 unspecified atom stereocenters. The van der Waals surface area contributed by atoms with E-state index in [4.69, 9.17) is 4.74 Å². The zero-order chi connectivity index (χ0) is 17.5. The van der Waals surface area contributed by atoms with Crippen LogP contribution < -0.4 is 5.32 Å². The van der Waals surface area contributed by atoms with E-state index in [2.05, 4.69) is 23.5 Å². The maximum absolute atomic E-state index is 11.6. The van der Waals surface area contributed by atoms with Gasteiger partial charge in [-0.2, -0.15) is 0 Å². The number of carbonyl (C=O) groups excluding carboxylic acids is 1. The van der Waals surface area contributed by atoms with Gasteiger partial charge in [0.2, 0.25) is 5.91 Å². The molecule has 0 saturated heterocycles. The van der Waals surface area contributed by atoms with Gasteiger partial charge in [0.15, 0.2) is 0 Å². The van der Waals surface area contributed by atoms with Crippen LogP contribution in [0.15, 0.2) is 24.3 Å². The molecule has 5 nitrogen and oxygen atoms in total. The van der Waals surface area contributed by atoms with Crippen LogP contribution in [0.2, 0.25) is 0 Å². The number of rotatable bonds is 8. The van der Waals surface area contributed by atoms with Crippen LogP contribution >= 0.6 is 0 Å². The van der Waals surface area contributed by atoms with Crippen LogP contribution in [0.4, 0.5) is 0 Å². The van der Waals surface area contributed by atoms with E-state index in [1.807, 2.05) is 24.9 Å². The molecule has 2 N–H and O–H groups in total. The monoisotopic (exact) mass is 334 g/mol. The van der Waals surface area contributed by atoms with Crippen LogP contribution in [-0.2, 0) is 16.0 Å². The molecule has 0 fully saturated rings. The summed E-state index contributed by atoms with van der Waals surface area (Å²) in [6.45, 7) is 3.31. The first-order valence-electron chi connectivity index (χ1n) is 8.78. The minimum Gasteiger partial charge on any atom is -0.389 e. The zero-order valence-corrected chi connectivity index (χ0v) is 15.0. The predicted molar refractivity (Wildman–Crippen MR) is 94.8 cm³/mol. The molecular formula is C19H30N2O3. The van der Waals surface area contributed by atoms with Crippen LogP contribution in [-0.4, -0.2) is 55.8 Å². The van der Waals surface area contributed by atoms with Crippen molar-refractivity contribution in [1.29, 1.82) is 0 Å². The number of nitrogens with one attached hydrogen (secondary N) is 1. The van der Waals surface area contributed by atoms with Crippen LogP contribution in [0.5, 0.6) is 0 Å². The Morgan fingerprint density at radius 3 is 2.92 bits per heavy atom. The van der Waals surface area contributed by atoms with Crippen molar-refractivity contribution >= 4 is 5.91 Å². The maximum atomic E-state index is 11.6. The van der Waals surface area contributed by atoms with E-state index in [0.717, 1.165) is 19.3 Å². The Labute approximate surface area is 145 Å². The molecule has 3 atom stereocenters. The Morgan fingerprint density at radius 2 is 2.17 bits per heavy atom. The number of fused-ring (bicyclic) bond motifs is 1. The topological polar surface area (TPSA) is 61.8 Å². The lowest BCUT2D eigenvalue weighted by Crippen LogP contribution is -2.39. The third-order valence-corrected chi connectivity index (χ3v) is 4.61. The van der Waals surface area contributed by atoms with E-state index < -0.39 is 6.10 Å². The molecule has 1 aromatic carbocycles. The summed E-state index contributed by atoms with van der Waals surface area (Å²) in [4.78, 5) is 13.5. The molecule has 0 saturated carbocycles. The summed E-state index contributed by atoms with van der Waals surface area (Å²) in [6.07, 6.45) is 2.77. The number of aliphatic hydroxyl groups is 1. The van der Waals surface area contributed by atoms with E-state index in [-0.39, 0.29) is 17.9 Å². The number of aryl methyl sites for hydroxylation is 1. The van der Waals surface area contributed by atoms with Gasteiger partial charge >= 0.3 is 0 Å². The highest BCUT2D eigenvalue weighted by Crippen LogP contribution is 2.32. The minimum atomic E-state index is -0.555. The van der Waals surface area contributed by atoms with E-state index >= 15 is 0 Å². The van der Waals surface area contributed by atoms with Gasteiger partial charge in [0.05, 0.1) is 18.8 Å². The number of aliphatic hydroxyl groups excluding tert-OH is 1. The molecule has 0 radical (unpaired) electrons. The van der Waals surface area contributed by atoms with E-state index in [9.17, 15) is 9.90 Å². The average molecular weight is 334 g/mol. The van der Waals surface area contributed by atoms with Crippen LogP contribution in [0, 0.1) is 5.92 Å². The van der Waals surface area contributed by atoms with Crippen molar-refractivity contribution < 1.29 is 14.6 Å². The molecule has 134 valence electrons. The van der Waals surface area contributed by atoms with Gasteiger partial charge in [-0.05, 0) is 37.4 Å². The molecule has 0 aliphatic heterocycles. The van der Waals surface area contributed by atoms with Gasteiger partial charge in [-0.3, -0.25) is 4.79 Å². The van der Waals surface area contributed by atoms with E-state index in [0.29, 0.717) is 19.7 Å². The number of hydrogen-bond acceptors (Lipinski definition) is 4. The molecule has 0 bridgehead atoms. The smallest absolute Gasteiger partial charge is 0.223 e. The van der Waals surface area contributed by atoms with E-state index in [1.54, 1.807) is 7.05 Å². The van der Waals surface area contributed by atoms with Gasteiger partial charge in [-0.1, -0.05) is 31.2 Å². The Balaban J connectivity index is 1.77. The fraction of sp³-hybridized carbons (Fsp3) is 0.632. The number of carbonyl (C=O) groups is 1. The second kappa shape index (κ2) is 9.16. The Hall–Kier alpha value is -1.43. The van der Waals surface area contributed by atoms with Crippen LogP contribution in [0.1, 0.15) is 37.0 Å². The number of nitrogens with zero attached hydrogens (tertiary/aromatic N) is 1. The second-order valence-corrected chi connectivity index (χ2v) is 6.80. The molecule has 2 rings (SSSR count). The van der Waals surface area contributed by atoms with Gasteiger partial charge < -0.3 is 20.1 Å². The Kier molecular flexibility index (Phi) is 7.21. The summed E-state index contributed by atoms with van der Waals surface area (Å²) in [5.41, 5.74) is 2.62. The maximum Gasteiger partial charge on any atom is 0.223 e. The lowest BCUT2D eigenvalue weighted by Gasteiger charge is -2.28. The highest BCUT2D eigenvalue weighted by atomic mass is 16.5. The van der Waals surface area contributed by atoms with Crippen molar-refractivity contribution in [3.05, 3.63) is 35.4 Å². The van der Waals surface area contributed by atoms with Gasteiger partial charge in [0.25, 0.3) is 0 Å². The number of benzene rings is 1. The molecule has 1 aromatic rings. The molecule has 0 spiro atoms. The molecule has 1 aliphatic rings. The zero-order valence-electron chi connectivity index (χ0n) is 15.0. The highest BCUT2D eigenvalue weighted by molar-refractivity contribution is 5.78. The largest absolute Gasteiger partial charge is 0.389 e. The third kappa shape index (κ3) is 5.30. The van der Waals surface area contributed by atoms with Gasteiger partial charge in [0, 0.05) is 26.1 Å². The van der Waals surface area contributed by atoms with Gasteiger partial charge in [0.1, 0.15) is 0 Å². The molecular weight excluding hydrogens is 304 g/mol. The summed E-state index contributed by atoms with van der Waals surface area (Å²) >= 11 is 0. The fourth-order valence-corrected chi connectivity index (χ4v) is 3.39. The summed E-state index contributed by atoms with van der Waals surface area (Å²) in [7, 11) is 3.56. The van der Waals surface area contributed by atoms with Crippen LogP contribution in [0.25, 0.3) is 0 Å². The summed E-state index contributed by atoms with van der Waals surface area (Å²) in [6, 6.07) is 8.40. The van der Waals surface area contributed by atoms with Gasteiger partial charge in [-0.15, -0.1) is 0 Å². The number of hydrogen-bond donors (Lipinski definition) is 2. The van der Waals surface area contributed by atoms with Crippen LogP contribution in [0.3, 0.4) is 0 Å². The van der Waals surface area contributed by atoms with Crippen molar-refractivity contribution in [3.63, 3.8) is 0 Å². The molecule has 5 heteroatoms. The first kappa shape index (κ1) is 18.9. The number of amides is 1. The minimum absolute atomic E-state index is 0.0198. The fourth-order valence-electron chi connectivity index (χ4n) is 3.39. The summed E-state index contributed by atoms with van der Waals surface area (Å²) in [5.74, 6) is -0.0789. The molecule has 24 heavy (non-hydrogen) atoms. The quantitative estimate of drug-likeness (QED) is 0.760. The standard InChI is InChI=1S/C19H30N2O3/c1-14(19(23)20-2)11-21(3)12-16(22)13-24-18-10-6-8-15-7-4-5-9-17(15)18/h4-5,7,9,14,16,18,22H,6,8,10-13H2,1-3H3,(H,20,23). The van der Waals surface area contributed by atoms with Crippen molar-refractivity contribution in [3.8, 4) is 0 Å². The molecule has 1 amide bonds. The number of ether oxygens (including phenoxy) is 1. The first-order chi connectivity index (χ1) is 11.5. The van der Waals surface area contributed by atoms with Crippen molar-refractivity contribution in [2.24, 2.45) is 5.92 Å². The molecule has 0 aromatic heterocycles. The van der Waals surface area contributed by atoms with Crippen molar-refractivity contribution in [1.82, 2.24) is 10.2 Å². The van der Waals surface area contributed by atoms with Crippen molar-refractivity contribution in [2.75, 3.05) is 33.8 Å². The summed E-state index contributed by atoms with van der Waals surface area (Å²) < 4.78 is 5.99. The third-order valence-electron chi connectivity index (χ3n) is 4.61. The predicted octanol–water partition coefficient (Wildman–Crippen LogP) is 1.76. The average Bonchev–Trinajstić information content (AvgIpc) is 2.58. The van der Waals surface area contributed by atoms with E-state index in [1.165, 1.54) is 11.1 Å². The lowest BCUT2D eigenvalue weighted by atomic mass is 9.89. The van der Waals surface area contributed by atoms with Crippen molar-refractivity contribution in [2.45, 2.75) is 38.4 Å². The first-order valence-corrected chi connectivity index (χ1v) is 8.78. The summed E-state index contributed by atoms with van der Waals surface area (Å²) in [5, 5.41) is 12.9. The second-order valence-electron chi connectivity index (χ2n) is 6.80. The SMILES string of the molecule is CNC(=O)C(C)CN(C)CC(O)COC1CCCc2ccccc21. The Bertz CT molecular complexity index is 535. The lowest BCUT2D eigenvalue weighted by molar-refractivity contribution is -0.124. The van der Waals surface area contributed by atoms with Gasteiger partial charge in [-0.25, -0.2) is 0 Å². The number of likely N-dealkylation sites (N-methyl/N-ethyl adjacent to an activating group) is 1. The Morgan fingerprint density at radius 1 is 1.42 bits per heavy atom.